The topological polar surface area (TPSA) is 21.3 Å². The Kier molecular flexibility index (Phi) is 5.96. The lowest BCUT2D eigenvalue weighted by Crippen LogP contribution is -2.07. The van der Waals surface area contributed by atoms with Crippen LogP contribution in [-0.4, -0.2) is 6.61 Å². The van der Waals surface area contributed by atoms with Gasteiger partial charge in [-0.15, -0.1) is 0 Å². The lowest BCUT2D eigenvalue weighted by atomic mass is 10.0. The Morgan fingerprint density at radius 2 is 1.46 bits per heavy atom. The van der Waals surface area contributed by atoms with Gasteiger partial charge in [-0.2, -0.15) is 0 Å². The molecule has 0 atom stereocenters. The van der Waals surface area contributed by atoms with E-state index in [-0.39, 0.29) is 0 Å². The molecule has 0 fully saturated rings. The fourth-order valence-electron chi connectivity index (χ4n) is 3.36. The van der Waals surface area contributed by atoms with E-state index in [1.54, 1.807) is 0 Å². The molecule has 0 aromatic heterocycles. The maximum Gasteiger partial charge on any atom is 0.124 e. The molecule has 1 N–H and O–H groups in total. The lowest BCUT2D eigenvalue weighted by Gasteiger charge is -2.16. The van der Waals surface area contributed by atoms with Crippen LogP contribution in [0.5, 0.6) is 5.75 Å². The van der Waals surface area contributed by atoms with Crippen LogP contribution in [0.3, 0.4) is 0 Å². The van der Waals surface area contributed by atoms with Crippen LogP contribution in [0.4, 0.5) is 5.69 Å². The number of hydrogen-bond acceptors (Lipinski definition) is 2. The minimum atomic E-state index is 0.684. The van der Waals surface area contributed by atoms with Crippen molar-refractivity contribution in [1.82, 2.24) is 0 Å². The second-order valence-corrected chi connectivity index (χ2v) is 6.82. The number of ether oxygens (including phenoxy) is 1. The van der Waals surface area contributed by atoms with Crippen LogP contribution in [-0.2, 0) is 13.0 Å². The summed E-state index contributed by atoms with van der Waals surface area (Å²) in [5, 5.41) is 3.59. The maximum absolute atomic E-state index is 6.07. The molecule has 2 nitrogen and oxygen atoms in total. The van der Waals surface area contributed by atoms with E-state index in [0.29, 0.717) is 6.61 Å². The van der Waals surface area contributed by atoms with Crippen molar-refractivity contribution in [2.75, 3.05) is 11.9 Å². The first kappa shape index (κ1) is 18.1. The second kappa shape index (κ2) is 8.57. The minimum absolute atomic E-state index is 0.684. The van der Waals surface area contributed by atoms with Gasteiger partial charge in [-0.25, -0.2) is 0 Å². The van der Waals surface area contributed by atoms with Gasteiger partial charge in [-0.05, 0) is 43.5 Å². The van der Waals surface area contributed by atoms with Crippen LogP contribution < -0.4 is 10.1 Å². The van der Waals surface area contributed by atoms with Gasteiger partial charge in [0, 0.05) is 24.2 Å². The molecule has 3 aromatic rings. The molecule has 26 heavy (non-hydrogen) atoms. The van der Waals surface area contributed by atoms with Crippen molar-refractivity contribution in [3.05, 3.63) is 94.5 Å². The first-order chi connectivity index (χ1) is 12.6. The quantitative estimate of drug-likeness (QED) is 0.580. The average molecular weight is 345 g/mol. The van der Waals surface area contributed by atoms with Crippen molar-refractivity contribution >= 4 is 5.69 Å². The third-order valence-corrected chi connectivity index (χ3v) is 4.60. The zero-order valence-corrected chi connectivity index (χ0v) is 15.9. The van der Waals surface area contributed by atoms with E-state index in [0.717, 1.165) is 18.7 Å². The number of para-hydroxylation sites is 1. The first-order valence-corrected chi connectivity index (χ1v) is 9.20. The van der Waals surface area contributed by atoms with Crippen molar-refractivity contribution in [3.8, 4) is 5.75 Å². The van der Waals surface area contributed by atoms with Gasteiger partial charge in [0.05, 0.1) is 6.61 Å². The fourth-order valence-corrected chi connectivity index (χ4v) is 3.36. The van der Waals surface area contributed by atoms with Gasteiger partial charge >= 0.3 is 0 Å². The Morgan fingerprint density at radius 1 is 0.808 bits per heavy atom. The molecule has 2 heteroatoms. The summed E-state index contributed by atoms with van der Waals surface area (Å²) in [5.74, 6) is 0.957. The van der Waals surface area contributed by atoms with Gasteiger partial charge in [0.1, 0.15) is 5.75 Å². The predicted molar refractivity (Wildman–Crippen MR) is 110 cm³/mol. The van der Waals surface area contributed by atoms with E-state index in [4.69, 9.17) is 4.74 Å². The molecule has 0 aliphatic rings. The molecule has 0 aliphatic carbocycles. The van der Waals surface area contributed by atoms with E-state index in [1.807, 2.05) is 12.1 Å². The summed E-state index contributed by atoms with van der Waals surface area (Å²) >= 11 is 0. The summed E-state index contributed by atoms with van der Waals surface area (Å²) in [6, 6.07) is 23.2. The molecule has 0 saturated carbocycles. The van der Waals surface area contributed by atoms with Crippen LogP contribution in [0.25, 0.3) is 0 Å². The average Bonchev–Trinajstić information content (AvgIpc) is 2.63. The van der Waals surface area contributed by atoms with Gasteiger partial charge in [0.25, 0.3) is 0 Å². The van der Waals surface area contributed by atoms with Crippen LogP contribution >= 0.6 is 0 Å². The SMILES string of the molecule is Cc1cc(C)c(NCc2ccccc2OCCc2ccccc2)c(C)c1. The maximum atomic E-state index is 6.07. The van der Waals surface area contributed by atoms with E-state index >= 15 is 0 Å². The van der Waals surface area contributed by atoms with E-state index in [1.165, 1.54) is 33.5 Å². The summed E-state index contributed by atoms with van der Waals surface area (Å²) < 4.78 is 6.07. The van der Waals surface area contributed by atoms with E-state index in [2.05, 4.69) is 80.7 Å². The van der Waals surface area contributed by atoms with Crippen molar-refractivity contribution < 1.29 is 4.74 Å². The standard InChI is InChI=1S/C24H27NO/c1-18-15-19(2)24(20(3)16-18)25-17-22-11-7-8-12-23(22)26-14-13-21-9-5-4-6-10-21/h4-12,15-16,25H,13-14,17H2,1-3H3. The predicted octanol–water partition coefficient (Wildman–Crippen LogP) is 5.85. The number of anilines is 1. The largest absolute Gasteiger partial charge is 0.493 e. The summed E-state index contributed by atoms with van der Waals surface area (Å²) in [4.78, 5) is 0. The van der Waals surface area contributed by atoms with Gasteiger partial charge in [0.15, 0.2) is 0 Å². The summed E-state index contributed by atoms with van der Waals surface area (Å²) in [6.07, 6.45) is 0.915. The monoisotopic (exact) mass is 345 g/mol. The van der Waals surface area contributed by atoms with E-state index < -0.39 is 0 Å². The Bertz CT molecular complexity index is 832. The highest BCUT2D eigenvalue weighted by Crippen LogP contribution is 2.25. The zero-order chi connectivity index (χ0) is 18.4. The van der Waals surface area contributed by atoms with Gasteiger partial charge < -0.3 is 10.1 Å². The van der Waals surface area contributed by atoms with Crippen LogP contribution in [0.2, 0.25) is 0 Å². The fraction of sp³-hybridized carbons (Fsp3) is 0.250. The van der Waals surface area contributed by atoms with Gasteiger partial charge in [0.2, 0.25) is 0 Å². The van der Waals surface area contributed by atoms with E-state index in [9.17, 15) is 0 Å². The van der Waals surface area contributed by atoms with Crippen molar-refractivity contribution in [2.24, 2.45) is 0 Å². The van der Waals surface area contributed by atoms with Crippen molar-refractivity contribution in [2.45, 2.75) is 33.7 Å². The number of hydrogen-bond donors (Lipinski definition) is 1. The van der Waals surface area contributed by atoms with Gasteiger partial charge in [-0.1, -0.05) is 66.2 Å². The summed E-state index contributed by atoms with van der Waals surface area (Å²) in [7, 11) is 0. The smallest absolute Gasteiger partial charge is 0.124 e. The third-order valence-electron chi connectivity index (χ3n) is 4.60. The number of benzene rings is 3. The molecule has 0 amide bonds. The highest BCUT2D eigenvalue weighted by atomic mass is 16.5. The van der Waals surface area contributed by atoms with Crippen molar-refractivity contribution in [3.63, 3.8) is 0 Å². The molecule has 0 bridgehead atoms. The zero-order valence-electron chi connectivity index (χ0n) is 15.9. The third kappa shape index (κ3) is 4.66. The number of nitrogens with one attached hydrogen (secondary N) is 1. The Morgan fingerprint density at radius 3 is 2.19 bits per heavy atom. The lowest BCUT2D eigenvalue weighted by molar-refractivity contribution is 0.319. The van der Waals surface area contributed by atoms with Crippen LogP contribution in [0, 0.1) is 20.8 Å². The molecule has 0 aliphatic heterocycles. The van der Waals surface area contributed by atoms with Crippen molar-refractivity contribution in [1.29, 1.82) is 0 Å². The Labute approximate surface area is 156 Å². The molecule has 0 spiro atoms. The highest BCUT2D eigenvalue weighted by molar-refractivity contribution is 5.58. The summed E-state index contributed by atoms with van der Waals surface area (Å²) in [5.41, 5.74) is 7.56. The van der Waals surface area contributed by atoms with Crippen LogP contribution in [0.1, 0.15) is 27.8 Å². The number of rotatable bonds is 7. The molecule has 0 saturated heterocycles. The highest BCUT2D eigenvalue weighted by Gasteiger charge is 2.07. The first-order valence-electron chi connectivity index (χ1n) is 9.20. The molecule has 3 aromatic carbocycles. The molecule has 134 valence electrons. The molecular formula is C24H27NO. The van der Waals surface area contributed by atoms with Crippen LogP contribution in [0.15, 0.2) is 66.7 Å². The molecule has 0 heterocycles. The molecule has 3 rings (SSSR count). The Hall–Kier alpha value is -2.74. The Balaban J connectivity index is 1.64. The number of aryl methyl sites for hydroxylation is 3. The summed E-state index contributed by atoms with van der Waals surface area (Å²) in [6.45, 7) is 7.89. The van der Waals surface area contributed by atoms with Gasteiger partial charge in [-0.3, -0.25) is 0 Å². The molecule has 0 unspecified atom stereocenters. The normalized spacial score (nSPS) is 10.6. The second-order valence-electron chi connectivity index (χ2n) is 6.82. The minimum Gasteiger partial charge on any atom is -0.493 e. The molecule has 0 radical (unpaired) electrons. The molecular weight excluding hydrogens is 318 g/mol.